The number of aryl methyl sites for hydroxylation is 1. The van der Waals surface area contributed by atoms with Crippen molar-refractivity contribution in [1.82, 2.24) is 10.2 Å². The number of thioether (sulfide) groups is 1. The summed E-state index contributed by atoms with van der Waals surface area (Å²) in [6.07, 6.45) is 1.66. The molecular formula is C19H29N3O2S. The molecule has 25 heavy (non-hydrogen) atoms. The largest absolute Gasteiger partial charge is 0.469 e. The lowest BCUT2D eigenvalue weighted by molar-refractivity contribution is -0.146. The van der Waals surface area contributed by atoms with Gasteiger partial charge in [0.1, 0.15) is 0 Å². The van der Waals surface area contributed by atoms with Crippen molar-refractivity contribution < 1.29 is 9.53 Å². The summed E-state index contributed by atoms with van der Waals surface area (Å²) in [7, 11) is 1.46. The van der Waals surface area contributed by atoms with Gasteiger partial charge in [0.15, 0.2) is 5.96 Å². The second-order valence-corrected chi connectivity index (χ2v) is 7.35. The summed E-state index contributed by atoms with van der Waals surface area (Å²) in [6.45, 7) is 7.49. The second-order valence-electron chi connectivity index (χ2n) is 6.18. The van der Waals surface area contributed by atoms with E-state index in [0.29, 0.717) is 0 Å². The highest BCUT2D eigenvalue weighted by Crippen LogP contribution is 2.19. The van der Waals surface area contributed by atoms with Crippen LogP contribution in [0.3, 0.4) is 0 Å². The number of esters is 1. The monoisotopic (exact) mass is 363 g/mol. The molecule has 1 saturated heterocycles. The van der Waals surface area contributed by atoms with Crippen molar-refractivity contribution in [3.8, 4) is 0 Å². The minimum atomic E-state index is -0.0870. The van der Waals surface area contributed by atoms with Crippen molar-refractivity contribution in [2.24, 2.45) is 10.9 Å². The number of hydrogen-bond acceptors (Lipinski definition) is 4. The lowest BCUT2D eigenvalue weighted by atomic mass is 9.97. The molecule has 0 bridgehead atoms. The van der Waals surface area contributed by atoms with Crippen LogP contribution in [0.25, 0.3) is 0 Å². The highest BCUT2D eigenvalue weighted by molar-refractivity contribution is 7.99. The molecule has 1 fully saturated rings. The number of carbonyl (C=O) groups excluding carboxylic acids is 1. The first-order valence-electron chi connectivity index (χ1n) is 8.94. The van der Waals surface area contributed by atoms with Crippen LogP contribution in [0, 0.1) is 12.8 Å². The van der Waals surface area contributed by atoms with E-state index >= 15 is 0 Å². The number of rotatable bonds is 6. The number of aliphatic imine (C=N–C) groups is 1. The maximum Gasteiger partial charge on any atom is 0.308 e. The molecule has 5 nitrogen and oxygen atoms in total. The molecule has 0 unspecified atom stereocenters. The number of nitrogens with zero attached hydrogens (tertiary/aromatic N) is 2. The highest BCUT2D eigenvalue weighted by Gasteiger charge is 2.26. The molecule has 1 heterocycles. The van der Waals surface area contributed by atoms with Crippen LogP contribution in [-0.4, -0.2) is 55.9 Å². The van der Waals surface area contributed by atoms with E-state index in [2.05, 4.69) is 48.3 Å². The first kappa shape index (κ1) is 19.6. The summed E-state index contributed by atoms with van der Waals surface area (Å²) >= 11 is 1.83. The molecule has 0 atom stereocenters. The molecule has 6 heteroatoms. The zero-order valence-electron chi connectivity index (χ0n) is 15.5. The van der Waals surface area contributed by atoms with E-state index in [1.807, 2.05) is 11.8 Å². The van der Waals surface area contributed by atoms with Gasteiger partial charge in [0.05, 0.1) is 19.6 Å². The number of likely N-dealkylation sites (tertiary alicyclic amines) is 1. The molecule has 0 amide bonds. The van der Waals surface area contributed by atoms with Crippen LogP contribution in [0.5, 0.6) is 0 Å². The first-order chi connectivity index (χ1) is 12.1. The van der Waals surface area contributed by atoms with Gasteiger partial charge in [-0.25, -0.2) is 0 Å². The molecule has 0 radical (unpaired) electrons. The third-order valence-corrected chi connectivity index (χ3v) is 5.30. The Morgan fingerprint density at radius 1 is 1.32 bits per heavy atom. The fourth-order valence-electron chi connectivity index (χ4n) is 2.87. The van der Waals surface area contributed by atoms with Crippen LogP contribution in [-0.2, 0) is 9.53 Å². The Morgan fingerprint density at radius 2 is 2.00 bits per heavy atom. The molecule has 138 valence electrons. The maximum atomic E-state index is 11.6. The van der Waals surface area contributed by atoms with Crippen molar-refractivity contribution in [2.45, 2.75) is 31.6 Å². The molecule has 0 aromatic heterocycles. The molecule has 1 aromatic carbocycles. The third kappa shape index (κ3) is 6.27. The van der Waals surface area contributed by atoms with E-state index in [1.165, 1.54) is 17.6 Å². The topological polar surface area (TPSA) is 53.9 Å². The van der Waals surface area contributed by atoms with Crippen molar-refractivity contribution in [3.63, 3.8) is 0 Å². The van der Waals surface area contributed by atoms with Gasteiger partial charge in [-0.05, 0) is 38.8 Å². The van der Waals surface area contributed by atoms with E-state index in [4.69, 9.17) is 9.73 Å². The van der Waals surface area contributed by atoms with E-state index in [-0.39, 0.29) is 11.9 Å². The molecule has 1 N–H and O–H groups in total. The third-order valence-electron chi connectivity index (χ3n) is 4.31. The van der Waals surface area contributed by atoms with Crippen molar-refractivity contribution in [1.29, 1.82) is 0 Å². The number of benzene rings is 1. The van der Waals surface area contributed by atoms with Gasteiger partial charge in [-0.2, -0.15) is 0 Å². The first-order valence-corrected chi connectivity index (χ1v) is 9.93. The van der Waals surface area contributed by atoms with Gasteiger partial charge in [0.25, 0.3) is 0 Å². The van der Waals surface area contributed by atoms with E-state index in [1.54, 1.807) is 0 Å². The molecule has 0 saturated carbocycles. The van der Waals surface area contributed by atoms with E-state index < -0.39 is 0 Å². The van der Waals surface area contributed by atoms with Gasteiger partial charge < -0.3 is 15.0 Å². The molecule has 2 rings (SSSR count). The summed E-state index contributed by atoms with van der Waals surface area (Å²) < 4.78 is 4.86. The van der Waals surface area contributed by atoms with Crippen LogP contribution in [0.15, 0.2) is 34.2 Å². The number of ether oxygens (including phenoxy) is 1. The Balaban J connectivity index is 1.82. The average Bonchev–Trinajstić information content (AvgIpc) is 2.65. The molecule has 0 spiro atoms. The number of guanidine groups is 1. The molecular weight excluding hydrogens is 334 g/mol. The standard InChI is InChI=1S/C19H29N3O2S/c1-4-20-19(22-12-9-16(10-13-22)18(23)24-3)21-11-14-25-17-7-5-15(2)6-8-17/h5-8,16H,4,9-14H2,1-3H3,(H,20,21). The number of methoxy groups -OCH3 is 1. The van der Waals surface area contributed by atoms with Gasteiger partial charge in [0, 0.05) is 30.3 Å². The minimum Gasteiger partial charge on any atom is -0.469 e. The van der Waals surface area contributed by atoms with Gasteiger partial charge in [0.2, 0.25) is 0 Å². The van der Waals surface area contributed by atoms with Crippen LogP contribution in [0.2, 0.25) is 0 Å². The predicted molar refractivity (Wildman–Crippen MR) is 104 cm³/mol. The Morgan fingerprint density at radius 3 is 2.60 bits per heavy atom. The minimum absolute atomic E-state index is 0.0289. The van der Waals surface area contributed by atoms with E-state index in [0.717, 1.165) is 50.7 Å². The predicted octanol–water partition coefficient (Wildman–Crippen LogP) is 2.94. The molecule has 0 aliphatic carbocycles. The number of nitrogens with one attached hydrogen (secondary N) is 1. The zero-order valence-corrected chi connectivity index (χ0v) is 16.3. The lowest BCUT2D eigenvalue weighted by Gasteiger charge is -2.33. The number of carbonyl (C=O) groups is 1. The second kappa shape index (κ2) is 10.3. The van der Waals surface area contributed by atoms with Crippen molar-refractivity contribution >= 4 is 23.7 Å². The number of hydrogen-bond donors (Lipinski definition) is 1. The molecule has 1 aliphatic heterocycles. The van der Waals surface area contributed by atoms with E-state index in [9.17, 15) is 4.79 Å². The molecule has 1 aliphatic rings. The smallest absolute Gasteiger partial charge is 0.308 e. The summed E-state index contributed by atoms with van der Waals surface area (Å²) in [5.41, 5.74) is 1.28. The normalized spacial score (nSPS) is 16.0. The summed E-state index contributed by atoms with van der Waals surface area (Å²) in [5.74, 6) is 1.85. The SMILES string of the molecule is CCNC(=NCCSc1ccc(C)cc1)N1CCC(C(=O)OC)CC1. The number of piperidine rings is 1. The average molecular weight is 364 g/mol. The highest BCUT2D eigenvalue weighted by atomic mass is 32.2. The lowest BCUT2D eigenvalue weighted by Crippen LogP contribution is -2.46. The van der Waals surface area contributed by atoms with Gasteiger partial charge in [-0.15, -0.1) is 11.8 Å². The fourth-order valence-corrected chi connectivity index (χ4v) is 3.62. The van der Waals surface area contributed by atoms with Crippen LogP contribution < -0.4 is 5.32 Å². The van der Waals surface area contributed by atoms with Crippen LogP contribution in [0.1, 0.15) is 25.3 Å². The van der Waals surface area contributed by atoms with Crippen LogP contribution >= 0.6 is 11.8 Å². The summed E-state index contributed by atoms with van der Waals surface area (Å²) in [4.78, 5) is 19.9. The van der Waals surface area contributed by atoms with Gasteiger partial charge in [-0.1, -0.05) is 17.7 Å². The Kier molecular flexibility index (Phi) is 8.12. The van der Waals surface area contributed by atoms with Crippen molar-refractivity contribution in [3.05, 3.63) is 29.8 Å². The molecule has 1 aromatic rings. The van der Waals surface area contributed by atoms with Crippen molar-refractivity contribution in [2.75, 3.05) is 39.0 Å². The van der Waals surface area contributed by atoms with Crippen LogP contribution in [0.4, 0.5) is 0 Å². The Labute approximate surface area is 155 Å². The summed E-state index contributed by atoms with van der Waals surface area (Å²) in [5, 5.41) is 3.37. The van der Waals surface area contributed by atoms with Gasteiger partial charge >= 0.3 is 5.97 Å². The fraction of sp³-hybridized carbons (Fsp3) is 0.579. The summed E-state index contributed by atoms with van der Waals surface area (Å²) in [6, 6.07) is 8.60. The Bertz CT molecular complexity index is 567. The van der Waals surface area contributed by atoms with Gasteiger partial charge in [-0.3, -0.25) is 9.79 Å². The zero-order chi connectivity index (χ0) is 18.1. The quantitative estimate of drug-likeness (QED) is 0.277. The Hall–Kier alpha value is -1.69. The maximum absolute atomic E-state index is 11.6.